The Kier molecular flexibility index (Phi) is 11.0. The van der Waals surface area contributed by atoms with Crippen LogP contribution in [0.1, 0.15) is 100 Å². The van der Waals surface area contributed by atoms with Crippen LogP contribution in [0.2, 0.25) is 0 Å². The van der Waals surface area contributed by atoms with E-state index in [1.165, 1.54) is 76.8 Å². The number of hydrogen-bond donors (Lipinski definition) is 2. The monoisotopic (exact) mass is 319 g/mol. The van der Waals surface area contributed by atoms with Gasteiger partial charge in [-0.25, -0.2) is 4.79 Å². The maximum Gasteiger partial charge on any atom is 0.337 e. The molecule has 3 nitrogen and oxygen atoms in total. The highest BCUT2D eigenvalue weighted by atomic mass is 16.4. The van der Waals surface area contributed by atoms with Crippen molar-refractivity contribution in [2.75, 3.05) is 0 Å². The number of aromatic nitrogens is 1. The van der Waals surface area contributed by atoms with Crippen LogP contribution in [0.25, 0.3) is 6.08 Å². The van der Waals surface area contributed by atoms with E-state index < -0.39 is 5.97 Å². The number of H-pyrrole nitrogens is 1. The van der Waals surface area contributed by atoms with Gasteiger partial charge in [0.05, 0.1) is 5.56 Å². The zero-order valence-corrected chi connectivity index (χ0v) is 14.7. The van der Waals surface area contributed by atoms with Gasteiger partial charge in [0.15, 0.2) is 0 Å². The molecular formula is C20H33NO2. The van der Waals surface area contributed by atoms with Crippen LogP contribution in [0.3, 0.4) is 0 Å². The highest BCUT2D eigenvalue weighted by Gasteiger charge is 2.03. The number of rotatable bonds is 14. The van der Waals surface area contributed by atoms with Crippen LogP contribution in [0.4, 0.5) is 0 Å². The molecule has 1 aromatic rings. The summed E-state index contributed by atoms with van der Waals surface area (Å²) < 4.78 is 0. The lowest BCUT2D eigenvalue weighted by atomic mass is 10.1. The van der Waals surface area contributed by atoms with Crippen molar-refractivity contribution in [3.63, 3.8) is 0 Å². The lowest BCUT2D eigenvalue weighted by Crippen LogP contribution is -1.91. The molecule has 130 valence electrons. The van der Waals surface area contributed by atoms with Gasteiger partial charge in [0.1, 0.15) is 0 Å². The summed E-state index contributed by atoms with van der Waals surface area (Å²) in [4.78, 5) is 13.7. The van der Waals surface area contributed by atoms with Crippen LogP contribution in [0.5, 0.6) is 0 Å². The van der Waals surface area contributed by atoms with Gasteiger partial charge in [-0.15, -0.1) is 0 Å². The van der Waals surface area contributed by atoms with Crippen molar-refractivity contribution in [1.82, 2.24) is 4.98 Å². The number of unbranched alkanes of at least 4 members (excludes halogenated alkanes) is 11. The minimum atomic E-state index is -0.883. The molecule has 2 N–H and O–H groups in total. The van der Waals surface area contributed by atoms with Crippen LogP contribution in [-0.4, -0.2) is 16.1 Å². The topological polar surface area (TPSA) is 53.1 Å². The smallest absolute Gasteiger partial charge is 0.337 e. The van der Waals surface area contributed by atoms with Crippen molar-refractivity contribution in [2.45, 2.75) is 84.0 Å². The number of carboxylic acid groups (broad SMARTS) is 1. The van der Waals surface area contributed by atoms with Crippen molar-refractivity contribution in [1.29, 1.82) is 0 Å². The molecule has 1 aromatic heterocycles. The molecule has 0 fully saturated rings. The number of aromatic carboxylic acids is 1. The Bertz CT molecular complexity index is 448. The number of hydrogen-bond acceptors (Lipinski definition) is 1. The molecule has 0 aliphatic rings. The fourth-order valence-electron chi connectivity index (χ4n) is 2.77. The van der Waals surface area contributed by atoms with Crippen LogP contribution >= 0.6 is 0 Å². The zero-order chi connectivity index (χ0) is 16.8. The highest BCUT2D eigenvalue weighted by Crippen LogP contribution is 2.12. The van der Waals surface area contributed by atoms with Crippen molar-refractivity contribution in [3.05, 3.63) is 29.6 Å². The molecule has 0 atom stereocenters. The van der Waals surface area contributed by atoms with Gasteiger partial charge in [0, 0.05) is 11.9 Å². The number of carboxylic acids is 1. The van der Waals surface area contributed by atoms with Crippen molar-refractivity contribution in [2.24, 2.45) is 0 Å². The average molecular weight is 319 g/mol. The van der Waals surface area contributed by atoms with Crippen LogP contribution < -0.4 is 0 Å². The quantitative estimate of drug-likeness (QED) is 0.388. The van der Waals surface area contributed by atoms with Gasteiger partial charge in [0.25, 0.3) is 0 Å². The van der Waals surface area contributed by atoms with E-state index in [1.807, 2.05) is 6.08 Å². The fourth-order valence-corrected chi connectivity index (χ4v) is 2.77. The van der Waals surface area contributed by atoms with Crippen LogP contribution in [0.15, 0.2) is 18.3 Å². The van der Waals surface area contributed by atoms with E-state index in [9.17, 15) is 4.79 Å². The van der Waals surface area contributed by atoms with E-state index in [-0.39, 0.29) is 0 Å². The summed E-state index contributed by atoms with van der Waals surface area (Å²) in [7, 11) is 0. The Labute approximate surface area is 141 Å². The molecule has 0 spiro atoms. The summed E-state index contributed by atoms with van der Waals surface area (Å²) >= 11 is 0. The van der Waals surface area contributed by atoms with Crippen LogP contribution in [-0.2, 0) is 0 Å². The molecule has 0 radical (unpaired) electrons. The molecule has 1 rings (SSSR count). The van der Waals surface area contributed by atoms with Crippen molar-refractivity contribution in [3.8, 4) is 0 Å². The maximum atomic E-state index is 10.8. The second-order valence-corrected chi connectivity index (χ2v) is 6.38. The number of carbonyl (C=O) groups is 1. The van der Waals surface area contributed by atoms with E-state index in [1.54, 1.807) is 6.07 Å². The number of nitrogens with one attached hydrogen (secondary N) is 1. The maximum absolute atomic E-state index is 10.8. The Hall–Kier alpha value is -1.51. The minimum absolute atomic E-state index is 0.319. The molecule has 3 heteroatoms. The third kappa shape index (κ3) is 9.98. The zero-order valence-electron chi connectivity index (χ0n) is 14.7. The van der Waals surface area contributed by atoms with Crippen molar-refractivity contribution >= 4 is 12.0 Å². The van der Waals surface area contributed by atoms with Crippen LogP contribution in [0, 0.1) is 0 Å². The summed E-state index contributed by atoms with van der Waals surface area (Å²) in [5, 5.41) is 8.84. The molecule has 0 saturated heterocycles. The first kappa shape index (κ1) is 19.5. The first-order chi connectivity index (χ1) is 11.2. The summed E-state index contributed by atoms with van der Waals surface area (Å²) in [6, 6.07) is 1.67. The van der Waals surface area contributed by atoms with E-state index in [2.05, 4.69) is 18.0 Å². The van der Waals surface area contributed by atoms with Gasteiger partial charge in [-0.1, -0.05) is 77.2 Å². The molecule has 0 bridgehead atoms. The largest absolute Gasteiger partial charge is 0.478 e. The van der Waals surface area contributed by atoms with Gasteiger partial charge < -0.3 is 10.1 Å². The molecule has 0 aliphatic carbocycles. The van der Waals surface area contributed by atoms with Gasteiger partial charge in [-0.2, -0.15) is 0 Å². The first-order valence-corrected chi connectivity index (χ1v) is 9.32. The molecular weight excluding hydrogens is 286 g/mol. The Morgan fingerprint density at radius 1 is 1.00 bits per heavy atom. The average Bonchev–Trinajstić information content (AvgIpc) is 3.01. The second-order valence-electron chi connectivity index (χ2n) is 6.38. The molecule has 0 saturated carbocycles. The van der Waals surface area contributed by atoms with Gasteiger partial charge >= 0.3 is 5.97 Å². The summed E-state index contributed by atoms with van der Waals surface area (Å²) in [6.45, 7) is 2.26. The summed E-state index contributed by atoms with van der Waals surface area (Å²) in [5.74, 6) is -0.883. The predicted octanol–water partition coefficient (Wildman–Crippen LogP) is 6.43. The second kappa shape index (κ2) is 13.0. The molecule has 0 unspecified atom stereocenters. The van der Waals surface area contributed by atoms with Gasteiger partial charge in [-0.3, -0.25) is 0 Å². The normalized spacial score (nSPS) is 11.3. The summed E-state index contributed by atoms with van der Waals surface area (Å²) in [5.41, 5.74) is 1.19. The van der Waals surface area contributed by atoms with Crippen molar-refractivity contribution < 1.29 is 9.90 Å². The number of aromatic amines is 1. The lowest BCUT2D eigenvalue weighted by molar-refractivity contribution is 0.0697. The molecule has 1 heterocycles. The van der Waals surface area contributed by atoms with E-state index in [4.69, 9.17) is 5.11 Å². The summed E-state index contributed by atoms with van der Waals surface area (Å²) in [6.07, 6.45) is 21.7. The first-order valence-electron chi connectivity index (χ1n) is 9.32. The molecule has 0 aliphatic heterocycles. The van der Waals surface area contributed by atoms with Gasteiger partial charge in [0.2, 0.25) is 0 Å². The SMILES string of the molecule is CCCCCCCCCCCCCC=Cc1cc(C(=O)O)c[nH]1. The fraction of sp³-hybridized carbons (Fsp3) is 0.650. The standard InChI is InChI=1S/C20H33NO2/c1-2-3-4-5-6-7-8-9-10-11-12-13-14-15-19-16-18(17-21-19)20(22)23/h14-17,21H,2-13H2,1H3,(H,22,23). The Balaban J connectivity index is 1.91. The molecule has 0 amide bonds. The minimum Gasteiger partial charge on any atom is -0.478 e. The Morgan fingerprint density at radius 3 is 2.09 bits per heavy atom. The van der Waals surface area contributed by atoms with E-state index in [0.29, 0.717) is 5.56 Å². The molecule has 0 aromatic carbocycles. The van der Waals surface area contributed by atoms with Gasteiger partial charge in [-0.05, 0) is 25.0 Å². The lowest BCUT2D eigenvalue weighted by Gasteiger charge is -2.01. The molecule has 23 heavy (non-hydrogen) atoms. The van der Waals surface area contributed by atoms with E-state index >= 15 is 0 Å². The third-order valence-corrected chi connectivity index (χ3v) is 4.22. The number of allylic oxidation sites excluding steroid dienone is 1. The predicted molar refractivity (Wildman–Crippen MR) is 97.9 cm³/mol. The third-order valence-electron chi connectivity index (χ3n) is 4.22. The van der Waals surface area contributed by atoms with E-state index in [0.717, 1.165) is 12.1 Å². The highest BCUT2D eigenvalue weighted by molar-refractivity contribution is 5.88. The Morgan fingerprint density at radius 2 is 1.57 bits per heavy atom.